The van der Waals surface area contributed by atoms with Gasteiger partial charge in [-0.25, -0.2) is 9.97 Å². The van der Waals surface area contributed by atoms with Crippen LogP contribution >= 0.6 is 11.6 Å². The van der Waals surface area contributed by atoms with Crippen LogP contribution in [0.3, 0.4) is 0 Å². The largest absolute Gasteiger partial charge is 0.459 e. The number of piperidine rings is 1. The quantitative estimate of drug-likeness (QED) is 0.370. The van der Waals surface area contributed by atoms with Crippen LogP contribution in [0.15, 0.2) is 29.7 Å². The lowest BCUT2D eigenvalue weighted by Gasteiger charge is -2.42. The number of ether oxygens (including phenoxy) is 2. The zero-order chi connectivity index (χ0) is 24.9. The van der Waals surface area contributed by atoms with Gasteiger partial charge >= 0.3 is 0 Å². The molecular formula is C26H37ClN6O3. The fourth-order valence-corrected chi connectivity index (χ4v) is 5.78. The van der Waals surface area contributed by atoms with Crippen molar-refractivity contribution in [2.75, 3.05) is 51.2 Å². The monoisotopic (exact) mass is 516 g/mol. The van der Waals surface area contributed by atoms with E-state index in [4.69, 9.17) is 21.1 Å². The number of halogens is 1. The number of unbranched alkanes of at least 4 members (excludes halogenated alkanes) is 3. The molecule has 36 heavy (non-hydrogen) atoms. The van der Waals surface area contributed by atoms with Gasteiger partial charge in [-0.3, -0.25) is 14.3 Å². The van der Waals surface area contributed by atoms with Gasteiger partial charge in [-0.1, -0.05) is 24.4 Å². The maximum atomic E-state index is 13.7. The zero-order valence-corrected chi connectivity index (χ0v) is 21.9. The number of fused-ring (bicyclic) bond motifs is 1. The molecule has 0 aromatic carbocycles. The summed E-state index contributed by atoms with van der Waals surface area (Å²) in [6.45, 7) is 6.60. The van der Waals surface area contributed by atoms with Crippen LogP contribution in [0.5, 0.6) is 0 Å². The van der Waals surface area contributed by atoms with Gasteiger partial charge in [0.15, 0.2) is 0 Å². The summed E-state index contributed by atoms with van der Waals surface area (Å²) in [7, 11) is 2.20. The molecule has 0 unspecified atom stereocenters. The van der Waals surface area contributed by atoms with E-state index < -0.39 is 0 Å². The summed E-state index contributed by atoms with van der Waals surface area (Å²) in [5.41, 5.74) is 1.35. The topological polar surface area (TPSA) is 76.0 Å². The number of anilines is 1. The molecule has 10 heteroatoms. The Morgan fingerprint density at radius 1 is 0.972 bits per heavy atom. The average Bonchev–Trinajstić information content (AvgIpc) is 3.41. The van der Waals surface area contributed by atoms with E-state index in [1.807, 2.05) is 6.07 Å². The minimum Gasteiger partial charge on any atom is -0.459 e. The number of hydrogen-bond acceptors (Lipinski definition) is 8. The Balaban J connectivity index is 1.24. The van der Waals surface area contributed by atoms with Gasteiger partial charge in [0, 0.05) is 45.2 Å². The summed E-state index contributed by atoms with van der Waals surface area (Å²) < 4.78 is 12.5. The van der Waals surface area contributed by atoms with Gasteiger partial charge in [-0.15, -0.1) is 0 Å². The molecule has 0 spiro atoms. The Bertz CT molecular complexity index is 1100. The minimum atomic E-state index is -0.146. The summed E-state index contributed by atoms with van der Waals surface area (Å²) in [6, 6.07) is 2.56. The van der Waals surface area contributed by atoms with Crippen LogP contribution in [-0.2, 0) is 16.0 Å². The molecule has 0 aliphatic carbocycles. The van der Waals surface area contributed by atoms with Gasteiger partial charge in [0.1, 0.15) is 35.3 Å². The Hall–Kier alpha value is -2.36. The highest BCUT2D eigenvalue weighted by molar-refractivity contribution is 6.33. The van der Waals surface area contributed by atoms with E-state index in [1.54, 1.807) is 17.1 Å². The molecule has 2 fully saturated rings. The minimum absolute atomic E-state index is 0.0174. The molecule has 2 aromatic heterocycles. The first-order valence-corrected chi connectivity index (χ1v) is 13.7. The summed E-state index contributed by atoms with van der Waals surface area (Å²) in [5, 5.41) is 1.14. The van der Waals surface area contributed by atoms with Gasteiger partial charge in [-0.05, 0) is 51.9 Å². The van der Waals surface area contributed by atoms with E-state index >= 15 is 0 Å². The smallest absolute Gasteiger partial charge is 0.275 e. The van der Waals surface area contributed by atoms with Crippen LogP contribution < -0.4 is 10.5 Å². The number of aryl methyl sites for hydroxylation is 1. The van der Waals surface area contributed by atoms with Crippen molar-refractivity contribution < 1.29 is 9.47 Å². The summed E-state index contributed by atoms with van der Waals surface area (Å²) in [6.07, 6.45) is 11.8. The lowest BCUT2D eigenvalue weighted by Crippen LogP contribution is -2.53. The van der Waals surface area contributed by atoms with Crippen LogP contribution in [0.25, 0.3) is 11.0 Å². The maximum Gasteiger partial charge on any atom is 0.275 e. The van der Waals surface area contributed by atoms with Crippen molar-refractivity contribution >= 4 is 28.3 Å². The SMILES string of the molecule is CN1CCC(N2CCN(c3cc4c(Cl)ncnc4n(CCCCCCC4OC=CO4)c3=O)CC2)CC1. The van der Waals surface area contributed by atoms with E-state index in [2.05, 4.69) is 31.7 Å². The lowest BCUT2D eigenvalue weighted by molar-refractivity contribution is -0.0295. The molecular weight excluding hydrogens is 480 g/mol. The zero-order valence-electron chi connectivity index (χ0n) is 21.1. The highest BCUT2D eigenvalue weighted by atomic mass is 35.5. The van der Waals surface area contributed by atoms with Crippen molar-refractivity contribution in [2.45, 2.75) is 63.8 Å². The van der Waals surface area contributed by atoms with Crippen molar-refractivity contribution in [3.05, 3.63) is 40.4 Å². The fourth-order valence-electron chi connectivity index (χ4n) is 5.60. The summed E-state index contributed by atoms with van der Waals surface area (Å²) in [5.74, 6) is 0. The molecule has 0 atom stereocenters. The molecule has 196 valence electrons. The van der Waals surface area contributed by atoms with E-state index in [1.165, 1.54) is 19.2 Å². The van der Waals surface area contributed by atoms with E-state index in [0.29, 0.717) is 29.1 Å². The third-order valence-corrected chi connectivity index (χ3v) is 8.06. The number of pyridine rings is 1. The van der Waals surface area contributed by atoms with Gasteiger partial charge in [0.25, 0.3) is 5.56 Å². The van der Waals surface area contributed by atoms with Gasteiger partial charge in [0.05, 0.1) is 5.39 Å². The third kappa shape index (κ3) is 5.79. The molecule has 2 aromatic rings. The molecule has 0 bridgehead atoms. The second kappa shape index (κ2) is 11.8. The predicted octanol–water partition coefficient (Wildman–Crippen LogP) is 3.46. The van der Waals surface area contributed by atoms with Crippen molar-refractivity contribution in [3.8, 4) is 0 Å². The molecule has 5 rings (SSSR count). The van der Waals surface area contributed by atoms with Gasteiger partial charge < -0.3 is 19.3 Å². The highest BCUT2D eigenvalue weighted by Gasteiger charge is 2.28. The molecule has 0 saturated carbocycles. The van der Waals surface area contributed by atoms with E-state index in [-0.39, 0.29) is 11.8 Å². The number of nitrogens with zero attached hydrogens (tertiary/aromatic N) is 6. The number of piperazine rings is 1. The molecule has 2 saturated heterocycles. The van der Waals surface area contributed by atoms with E-state index in [9.17, 15) is 4.79 Å². The molecule has 3 aliphatic heterocycles. The lowest BCUT2D eigenvalue weighted by atomic mass is 10.0. The standard InChI is InChI=1S/C26H37ClN6O3/c1-30-10-7-20(8-11-30)31-12-14-32(15-13-31)22-18-21-24(27)28-19-29-25(21)33(26(22)34)9-5-3-2-4-6-23-35-16-17-36-23/h16-20,23H,2-15H2,1H3. The molecule has 0 amide bonds. The van der Waals surface area contributed by atoms with Gasteiger partial charge in [0.2, 0.25) is 6.29 Å². The Kier molecular flexibility index (Phi) is 8.29. The van der Waals surface area contributed by atoms with Crippen molar-refractivity contribution in [1.29, 1.82) is 0 Å². The van der Waals surface area contributed by atoms with Gasteiger partial charge in [-0.2, -0.15) is 0 Å². The van der Waals surface area contributed by atoms with Crippen molar-refractivity contribution in [3.63, 3.8) is 0 Å². The Morgan fingerprint density at radius 2 is 1.69 bits per heavy atom. The maximum absolute atomic E-state index is 13.7. The van der Waals surface area contributed by atoms with Crippen LogP contribution in [0.1, 0.15) is 44.9 Å². The molecule has 0 radical (unpaired) electrons. The Morgan fingerprint density at radius 3 is 2.44 bits per heavy atom. The van der Waals surface area contributed by atoms with E-state index in [0.717, 1.165) is 76.8 Å². The predicted molar refractivity (Wildman–Crippen MR) is 141 cm³/mol. The second-order valence-corrected chi connectivity index (χ2v) is 10.5. The molecule has 5 heterocycles. The van der Waals surface area contributed by atoms with Crippen molar-refractivity contribution in [2.24, 2.45) is 0 Å². The molecule has 0 N–H and O–H groups in total. The highest BCUT2D eigenvalue weighted by Crippen LogP contribution is 2.25. The number of likely N-dealkylation sites (tertiary alicyclic amines) is 1. The van der Waals surface area contributed by atoms with Crippen LogP contribution in [0.2, 0.25) is 5.15 Å². The van der Waals surface area contributed by atoms with Crippen LogP contribution in [-0.4, -0.2) is 83.0 Å². The summed E-state index contributed by atoms with van der Waals surface area (Å²) >= 11 is 6.47. The van der Waals surface area contributed by atoms with Crippen LogP contribution in [0, 0.1) is 0 Å². The second-order valence-electron chi connectivity index (χ2n) is 10.1. The Labute approximate surface area is 217 Å². The fraction of sp³-hybridized carbons (Fsp3) is 0.654. The number of rotatable bonds is 9. The first-order valence-electron chi connectivity index (χ1n) is 13.3. The molecule has 3 aliphatic rings. The van der Waals surface area contributed by atoms with Crippen LogP contribution in [0.4, 0.5) is 5.69 Å². The number of hydrogen-bond donors (Lipinski definition) is 0. The third-order valence-electron chi connectivity index (χ3n) is 7.76. The first-order chi connectivity index (χ1) is 17.6. The summed E-state index contributed by atoms with van der Waals surface area (Å²) in [4.78, 5) is 29.5. The average molecular weight is 517 g/mol. The first kappa shape index (κ1) is 25.3. The van der Waals surface area contributed by atoms with Crippen molar-refractivity contribution in [1.82, 2.24) is 24.3 Å². The molecule has 9 nitrogen and oxygen atoms in total. The normalized spacial score (nSPS) is 20.2. The number of aromatic nitrogens is 3.